The predicted molar refractivity (Wildman–Crippen MR) is 83.3 cm³/mol. The summed E-state index contributed by atoms with van der Waals surface area (Å²) in [5, 5.41) is 14.3. The van der Waals surface area contributed by atoms with Crippen molar-refractivity contribution in [2.45, 2.75) is 13.0 Å². The molecule has 1 aromatic rings. The molecule has 0 fully saturated rings. The summed E-state index contributed by atoms with van der Waals surface area (Å²) in [4.78, 5) is 23.0. The Hall–Kier alpha value is -3.01. The molecular formula is C16H19N3O4. The molecular weight excluding hydrogens is 298 g/mol. The van der Waals surface area contributed by atoms with Crippen molar-refractivity contribution in [3.8, 4) is 11.8 Å². The largest absolute Gasteiger partial charge is 0.497 e. The van der Waals surface area contributed by atoms with Crippen molar-refractivity contribution in [2.24, 2.45) is 0 Å². The number of carbonyl (C=O) groups is 2. The Labute approximate surface area is 134 Å². The summed E-state index contributed by atoms with van der Waals surface area (Å²) in [6, 6.07) is 8.73. The molecule has 1 rings (SSSR count). The third-order valence-electron chi connectivity index (χ3n) is 3.05. The Morgan fingerprint density at radius 1 is 1.30 bits per heavy atom. The molecule has 7 nitrogen and oxygen atoms in total. The van der Waals surface area contributed by atoms with Crippen molar-refractivity contribution in [3.05, 3.63) is 41.6 Å². The number of esters is 1. The van der Waals surface area contributed by atoms with Gasteiger partial charge in [-0.2, -0.15) is 5.26 Å². The van der Waals surface area contributed by atoms with Gasteiger partial charge in [-0.25, -0.2) is 0 Å². The molecule has 0 spiro atoms. The summed E-state index contributed by atoms with van der Waals surface area (Å²) in [5.41, 5.74) is 0.744. The zero-order chi connectivity index (χ0) is 17.2. The first-order valence-corrected chi connectivity index (χ1v) is 6.87. The zero-order valence-electron chi connectivity index (χ0n) is 13.3. The van der Waals surface area contributed by atoms with E-state index in [9.17, 15) is 9.59 Å². The second kappa shape index (κ2) is 9.10. The Balaban J connectivity index is 2.65. The van der Waals surface area contributed by atoms with Gasteiger partial charge in [0.15, 0.2) is 0 Å². The molecule has 0 aliphatic heterocycles. The van der Waals surface area contributed by atoms with Crippen LogP contribution in [0.4, 0.5) is 0 Å². The average Bonchev–Trinajstić information content (AvgIpc) is 2.58. The Morgan fingerprint density at radius 2 is 1.96 bits per heavy atom. The maximum Gasteiger partial charge on any atom is 0.325 e. The molecule has 0 radical (unpaired) electrons. The quantitative estimate of drug-likeness (QED) is 0.443. The highest BCUT2D eigenvalue weighted by atomic mass is 16.5. The predicted octanol–water partition coefficient (Wildman–Crippen LogP) is 1.04. The van der Waals surface area contributed by atoms with Gasteiger partial charge in [-0.3, -0.25) is 9.59 Å². The minimum atomic E-state index is -0.534. The SMILES string of the molecule is COC(=O)CN/C=C(/C#N)C(=O)NC(C)c1ccc(OC)cc1. The van der Waals surface area contributed by atoms with E-state index in [0.29, 0.717) is 0 Å². The van der Waals surface area contributed by atoms with Crippen molar-refractivity contribution in [1.29, 1.82) is 5.26 Å². The normalized spacial score (nSPS) is 11.8. The number of carbonyl (C=O) groups excluding carboxylic acids is 2. The van der Waals surface area contributed by atoms with E-state index in [2.05, 4.69) is 15.4 Å². The number of hydrogen-bond acceptors (Lipinski definition) is 6. The van der Waals surface area contributed by atoms with Crippen LogP contribution in [0.5, 0.6) is 5.75 Å². The molecule has 0 saturated carbocycles. The number of ether oxygens (including phenoxy) is 2. The first-order chi connectivity index (χ1) is 11.0. The molecule has 1 atom stereocenters. The number of rotatable bonds is 7. The molecule has 1 aromatic carbocycles. The lowest BCUT2D eigenvalue weighted by Gasteiger charge is -2.14. The summed E-state index contributed by atoms with van der Waals surface area (Å²) < 4.78 is 9.52. The van der Waals surface area contributed by atoms with E-state index in [4.69, 9.17) is 10.00 Å². The number of nitriles is 1. The second-order valence-electron chi connectivity index (χ2n) is 4.60. The monoisotopic (exact) mass is 317 g/mol. The molecule has 2 N–H and O–H groups in total. The fourth-order valence-electron chi connectivity index (χ4n) is 1.71. The van der Waals surface area contributed by atoms with Gasteiger partial charge in [-0.1, -0.05) is 12.1 Å². The van der Waals surface area contributed by atoms with Crippen molar-refractivity contribution < 1.29 is 19.1 Å². The lowest BCUT2D eigenvalue weighted by Crippen LogP contribution is -2.29. The van der Waals surface area contributed by atoms with Crippen LogP contribution < -0.4 is 15.4 Å². The van der Waals surface area contributed by atoms with Crippen LogP contribution in [0.15, 0.2) is 36.0 Å². The fourth-order valence-corrected chi connectivity index (χ4v) is 1.71. The molecule has 0 bridgehead atoms. The van der Waals surface area contributed by atoms with Gasteiger partial charge in [0, 0.05) is 6.20 Å². The first-order valence-electron chi connectivity index (χ1n) is 6.87. The van der Waals surface area contributed by atoms with Crippen LogP contribution in [-0.4, -0.2) is 32.6 Å². The van der Waals surface area contributed by atoms with Gasteiger partial charge in [0.1, 0.15) is 23.9 Å². The van der Waals surface area contributed by atoms with E-state index < -0.39 is 11.9 Å². The van der Waals surface area contributed by atoms with E-state index in [1.165, 1.54) is 13.3 Å². The Bertz CT molecular complexity index is 617. The third kappa shape index (κ3) is 5.71. The minimum Gasteiger partial charge on any atom is -0.497 e. The number of nitrogens with one attached hydrogen (secondary N) is 2. The van der Waals surface area contributed by atoms with Gasteiger partial charge < -0.3 is 20.1 Å². The lowest BCUT2D eigenvalue weighted by atomic mass is 10.1. The van der Waals surface area contributed by atoms with Crippen LogP contribution in [0.25, 0.3) is 0 Å². The maximum atomic E-state index is 12.0. The first kappa shape index (κ1) is 18.0. The molecule has 7 heteroatoms. The maximum absolute atomic E-state index is 12.0. The minimum absolute atomic E-state index is 0.122. The van der Waals surface area contributed by atoms with Crippen LogP contribution in [0, 0.1) is 11.3 Å². The molecule has 23 heavy (non-hydrogen) atoms. The van der Waals surface area contributed by atoms with E-state index in [1.807, 2.05) is 12.1 Å². The van der Waals surface area contributed by atoms with E-state index in [1.54, 1.807) is 32.2 Å². The van der Waals surface area contributed by atoms with Crippen molar-refractivity contribution in [3.63, 3.8) is 0 Å². The molecule has 0 aromatic heterocycles. The van der Waals surface area contributed by atoms with Crippen LogP contribution in [-0.2, 0) is 14.3 Å². The zero-order valence-corrected chi connectivity index (χ0v) is 13.3. The van der Waals surface area contributed by atoms with Gasteiger partial charge >= 0.3 is 5.97 Å². The fraction of sp³-hybridized carbons (Fsp3) is 0.312. The van der Waals surface area contributed by atoms with Gasteiger partial charge in [0.25, 0.3) is 5.91 Å². The molecule has 122 valence electrons. The van der Waals surface area contributed by atoms with Crippen LogP contribution in [0.2, 0.25) is 0 Å². The molecule has 0 saturated heterocycles. The molecule has 0 heterocycles. The van der Waals surface area contributed by atoms with Crippen molar-refractivity contribution in [2.75, 3.05) is 20.8 Å². The highest BCUT2D eigenvalue weighted by Crippen LogP contribution is 2.17. The molecule has 0 aliphatic carbocycles. The van der Waals surface area contributed by atoms with E-state index >= 15 is 0 Å². The highest BCUT2D eigenvalue weighted by Gasteiger charge is 2.14. The average molecular weight is 317 g/mol. The summed E-state index contributed by atoms with van der Waals surface area (Å²) in [6.45, 7) is 1.68. The Morgan fingerprint density at radius 3 is 2.48 bits per heavy atom. The summed E-state index contributed by atoms with van der Waals surface area (Å²) in [6.07, 6.45) is 1.19. The smallest absolute Gasteiger partial charge is 0.325 e. The van der Waals surface area contributed by atoms with E-state index in [-0.39, 0.29) is 18.2 Å². The molecule has 0 aliphatic rings. The van der Waals surface area contributed by atoms with Gasteiger partial charge in [0.05, 0.1) is 20.3 Å². The Kier molecular flexibility index (Phi) is 7.14. The number of hydrogen-bond donors (Lipinski definition) is 2. The second-order valence-corrected chi connectivity index (χ2v) is 4.60. The van der Waals surface area contributed by atoms with Crippen molar-refractivity contribution in [1.82, 2.24) is 10.6 Å². The van der Waals surface area contributed by atoms with Crippen LogP contribution >= 0.6 is 0 Å². The topological polar surface area (TPSA) is 100 Å². The standard InChI is InChI=1S/C16H19N3O4/c1-11(12-4-6-14(22-2)7-5-12)19-16(21)13(8-17)9-18-10-15(20)23-3/h4-7,9,11,18H,10H2,1-3H3,(H,19,21)/b13-9-. The number of benzene rings is 1. The molecule has 1 unspecified atom stereocenters. The third-order valence-corrected chi connectivity index (χ3v) is 3.05. The summed E-state index contributed by atoms with van der Waals surface area (Å²) >= 11 is 0. The summed E-state index contributed by atoms with van der Waals surface area (Å²) in [7, 11) is 2.83. The number of methoxy groups -OCH3 is 2. The number of amides is 1. The number of nitrogens with zero attached hydrogens (tertiary/aromatic N) is 1. The van der Waals surface area contributed by atoms with Gasteiger partial charge in [0.2, 0.25) is 0 Å². The van der Waals surface area contributed by atoms with Crippen LogP contribution in [0.1, 0.15) is 18.5 Å². The van der Waals surface area contributed by atoms with E-state index in [0.717, 1.165) is 11.3 Å². The van der Waals surface area contributed by atoms with Crippen molar-refractivity contribution >= 4 is 11.9 Å². The van der Waals surface area contributed by atoms with Crippen LogP contribution in [0.3, 0.4) is 0 Å². The van der Waals surface area contributed by atoms with Gasteiger partial charge in [-0.05, 0) is 24.6 Å². The highest BCUT2D eigenvalue weighted by molar-refractivity contribution is 5.97. The molecule has 1 amide bonds. The van der Waals surface area contributed by atoms with Gasteiger partial charge in [-0.15, -0.1) is 0 Å². The lowest BCUT2D eigenvalue weighted by molar-refractivity contribution is -0.139. The summed E-state index contributed by atoms with van der Waals surface area (Å²) in [5.74, 6) is -0.310.